The Hall–Kier alpha value is -3.65. The molecule has 2 aromatic heterocycles. The number of carbonyl (C=O) groups is 1. The third-order valence-corrected chi connectivity index (χ3v) is 4.64. The van der Waals surface area contributed by atoms with Gasteiger partial charge in [-0.15, -0.1) is 0 Å². The van der Waals surface area contributed by atoms with Gasteiger partial charge in [-0.25, -0.2) is 23.6 Å². The summed E-state index contributed by atoms with van der Waals surface area (Å²) in [6.45, 7) is 1.30. The van der Waals surface area contributed by atoms with Crippen LogP contribution in [0.5, 0.6) is 0 Å². The van der Waals surface area contributed by atoms with Gasteiger partial charge in [0.25, 0.3) is 0 Å². The lowest BCUT2D eigenvalue weighted by molar-refractivity contribution is -0.116. The van der Waals surface area contributed by atoms with E-state index in [2.05, 4.69) is 15.1 Å². The van der Waals surface area contributed by atoms with Crippen molar-refractivity contribution in [2.24, 2.45) is 0 Å². The highest BCUT2D eigenvalue weighted by atomic mass is 35.5. The predicted molar refractivity (Wildman–Crippen MR) is 107 cm³/mol. The molecule has 0 aliphatic rings. The zero-order valence-corrected chi connectivity index (χ0v) is 16.3. The summed E-state index contributed by atoms with van der Waals surface area (Å²) in [7, 11) is 0. The first-order chi connectivity index (χ1) is 14.5. The van der Waals surface area contributed by atoms with Crippen molar-refractivity contribution in [1.82, 2.24) is 15.1 Å². The lowest BCUT2D eigenvalue weighted by Crippen LogP contribution is -2.23. The Bertz CT molecular complexity index is 1210. The zero-order chi connectivity index (χ0) is 21.3. The molecule has 0 aliphatic heterocycles. The smallest absolute Gasteiger partial charge is 0.248 e. The SMILES string of the molecule is CC(=O)N(c1ccccc1Cl)c1onc(-c2c(F)cccc2F)c1-c1ccncn1. The van der Waals surface area contributed by atoms with E-state index in [1.165, 1.54) is 36.5 Å². The highest BCUT2D eigenvalue weighted by Gasteiger charge is 2.31. The number of para-hydroxylation sites is 1. The third kappa shape index (κ3) is 3.42. The van der Waals surface area contributed by atoms with Gasteiger partial charge in [-0.05, 0) is 30.3 Å². The molecular weight excluding hydrogens is 414 g/mol. The molecule has 0 N–H and O–H groups in total. The number of hydrogen-bond donors (Lipinski definition) is 0. The number of hydrogen-bond acceptors (Lipinski definition) is 5. The fraction of sp³-hybridized carbons (Fsp3) is 0.0476. The van der Waals surface area contributed by atoms with E-state index in [0.29, 0.717) is 5.69 Å². The fourth-order valence-corrected chi connectivity index (χ4v) is 3.27. The molecule has 2 heterocycles. The molecule has 30 heavy (non-hydrogen) atoms. The molecule has 0 saturated carbocycles. The number of carbonyl (C=O) groups excluding carboxylic acids is 1. The number of amides is 1. The van der Waals surface area contributed by atoms with Crippen LogP contribution < -0.4 is 4.90 Å². The molecule has 2 aromatic carbocycles. The third-order valence-electron chi connectivity index (χ3n) is 4.32. The summed E-state index contributed by atoms with van der Waals surface area (Å²) < 4.78 is 34.5. The quantitative estimate of drug-likeness (QED) is 0.436. The topological polar surface area (TPSA) is 72.1 Å². The van der Waals surface area contributed by atoms with E-state index in [-0.39, 0.29) is 27.9 Å². The minimum atomic E-state index is -0.836. The number of aromatic nitrogens is 3. The van der Waals surface area contributed by atoms with Crippen molar-refractivity contribution >= 4 is 29.1 Å². The van der Waals surface area contributed by atoms with Crippen molar-refractivity contribution in [1.29, 1.82) is 0 Å². The summed E-state index contributed by atoms with van der Waals surface area (Å²) in [5.74, 6) is -2.20. The Morgan fingerprint density at radius 2 is 1.77 bits per heavy atom. The molecule has 9 heteroatoms. The van der Waals surface area contributed by atoms with Crippen LogP contribution in [0.25, 0.3) is 22.5 Å². The molecule has 4 rings (SSSR count). The summed E-state index contributed by atoms with van der Waals surface area (Å²) in [5.41, 5.74) is 0.161. The standard InChI is InChI=1S/C21H13ClF2N4O2/c1-12(29)28(17-8-3-2-5-13(17)22)21-19(16-9-10-25-11-26-16)20(27-30-21)18-14(23)6-4-7-15(18)24/h2-11H,1H3. The predicted octanol–water partition coefficient (Wildman–Crippen LogP) is 5.41. The van der Waals surface area contributed by atoms with Crippen LogP contribution in [-0.2, 0) is 4.79 Å². The second kappa shape index (κ2) is 8.00. The molecule has 150 valence electrons. The number of nitrogens with zero attached hydrogens (tertiary/aromatic N) is 4. The minimum absolute atomic E-state index is 0.0769. The van der Waals surface area contributed by atoms with Gasteiger partial charge < -0.3 is 4.52 Å². The molecule has 0 bridgehead atoms. The summed E-state index contributed by atoms with van der Waals surface area (Å²) in [5, 5.41) is 4.16. The second-order valence-electron chi connectivity index (χ2n) is 6.21. The van der Waals surface area contributed by atoms with E-state index in [1.54, 1.807) is 24.3 Å². The Balaban J connectivity index is 2.03. The van der Waals surface area contributed by atoms with Crippen molar-refractivity contribution in [2.45, 2.75) is 6.92 Å². The van der Waals surface area contributed by atoms with Crippen LogP contribution in [0.1, 0.15) is 6.92 Å². The van der Waals surface area contributed by atoms with Gasteiger partial charge in [-0.2, -0.15) is 0 Å². The first-order valence-electron chi connectivity index (χ1n) is 8.74. The van der Waals surface area contributed by atoms with Gasteiger partial charge >= 0.3 is 0 Å². The van der Waals surface area contributed by atoms with E-state index < -0.39 is 23.1 Å². The summed E-state index contributed by atoms with van der Waals surface area (Å²) in [6.07, 6.45) is 2.72. The lowest BCUT2D eigenvalue weighted by Gasteiger charge is -2.20. The molecular formula is C21H13ClF2N4O2. The Labute approximate surface area is 174 Å². The molecule has 0 aliphatic carbocycles. The van der Waals surface area contributed by atoms with Gasteiger partial charge in [-0.1, -0.05) is 35.0 Å². The number of rotatable bonds is 4. The molecule has 0 atom stereocenters. The molecule has 0 radical (unpaired) electrons. The summed E-state index contributed by atoms with van der Waals surface area (Å²) in [4.78, 5) is 21.8. The lowest BCUT2D eigenvalue weighted by atomic mass is 10.0. The van der Waals surface area contributed by atoms with Gasteiger partial charge in [-0.3, -0.25) is 4.79 Å². The molecule has 0 unspecified atom stereocenters. The molecule has 0 fully saturated rings. The molecule has 6 nitrogen and oxygen atoms in total. The first kappa shape index (κ1) is 19.7. The van der Waals surface area contributed by atoms with E-state index in [1.807, 2.05) is 0 Å². The monoisotopic (exact) mass is 426 g/mol. The van der Waals surface area contributed by atoms with E-state index in [9.17, 15) is 13.6 Å². The zero-order valence-electron chi connectivity index (χ0n) is 15.5. The van der Waals surface area contributed by atoms with Crippen LogP contribution in [0.4, 0.5) is 20.4 Å². The van der Waals surface area contributed by atoms with Crippen LogP contribution >= 0.6 is 11.6 Å². The van der Waals surface area contributed by atoms with Crippen molar-refractivity contribution < 1.29 is 18.1 Å². The van der Waals surface area contributed by atoms with Crippen LogP contribution in [0.2, 0.25) is 5.02 Å². The van der Waals surface area contributed by atoms with Crippen molar-refractivity contribution in [2.75, 3.05) is 4.90 Å². The fourth-order valence-electron chi connectivity index (χ4n) is 3.05. The van der Waals surface area contributed by atoms with E-state index in [4.69, 9.17) is 16.1 Å². The second-order valence-corrected chi connectivity index (χ2v) is 6.62. The number of anilines is 2. The van der Waals surface area contributed by atoms with Crippen molar-refractivity contribution in [3.8, 4) is 22.5 Å². The van der Waals surface area contributed by atoms with Gasteiger partial charge in [0.1, 0.15) is 23.7 Å². The van der Waals surface area contributed by atoms with Crippen LogP contribution in [0.15, 0.2) is 65.6 Å². The largest absolute Gasteiger partial charge is 0.336 e. The Kier molecular flexibility index (Phi) is 5.24. The van der Waals surface area contributed by atoms with E-state index in [0.717, 1.165) is 12.1 Å². The van der Waals surface area contributed by atoms with Gasteiger partial charge in [0, 0.05) is 13.1 Å². The number of halogens is 3. The molecule has 1 amide bonds. The average Bonchev–Trinajstić information content (AvgIpc) is 3.14. The maximum absolute atomic E-state index is 14.5. The maximum Gasteiger partial charge on any atom is 0.248 e. The van der Waals surface area contributed by atoms with Crippen molar-refractivity contribution in [3.63, 3.8) is 0 Å². The van der Waals surface area contributed by atoms with Crippen molar-refractivity contribution in [3.05, 3.63) is 77.7 Å². The normalized spacial score (nSPS) is 10.8. The minimum Gasteiger partial charge on any atom is -0.336 e. The van der Waals surface area contributed by atoms with Gasteiger partial charge in [0.2, 0.25) is 11.8 Å². The highest BCUT2D eigenvalue weighted by molar-refractivity contribution is 6.34. The Morgan fingerprint density at radius 3 is 2.40 bits per heavy atom. The number of benzene rings is 2. The average molecular weight is 427 g/mol. The van der Waals surface area contributed by atoms with Crippen LogP contribution in [0.3, 0.4) is 0 Å². The van der Waals surface area contributed by atoms with Crippen LogP contribution in [0, 0.1) is 11.6 Å². The maximum atomic E-state index is 14.5. The first-order valence-corrected chi connectivity index (χ1v) is 9.12. The summed E-state index contributed by atoms with van der Waals surface area (Å²) >= 11 is 6.28. The molecule has 0 saturated heterocycles. The molecule has 0 spiro atoms. The van der Waals surface area contributed by atoms with Crippen LogP contribution in [-0.4, -0.2) is 21.0 Å². The van der Waals surface area contributed by atoms with Gasteiger partial charge in [0.15, 0.2) is 0 Å². The summed E-state index contributed by atoms with van der Waals surface area (Å²) in [6, 6.07) is 11.6. The van der Waals surface area contributed by atoms with E-state index >= 15 is 0 Å². The molecule has 4 aromatic rings. The highest BCUT2D eigenvalue weighted by Crippen LogP contribution is 2.43. The Morgan fingerprint density at radius 1 is 1.03 bits per heavy atom. The van der Waals surface area contributed by atoms with Gasteiger partial charge in [0.05, 0.1) is 27.5 Å².